The SMILES string of the molecule is NC(=O)COC(=O)Oc1ccccc1C(=O)O. The zero-order chi connectivity index (χ0) is 12.8. The summed E-state index contributed by atoms with van der Waals surface area (Å²) in [5, 5.41) is 8.79. The molecular weight excluding hydrogens is 230 g/mol. The second-order valence-electron chi connectivity index (χ2n) is 2.91. The van der Waals surface area contributed by atoms with Crippen LogP contribution in [0.3, 0.4) is 0 Å². The molecule has 0 saturated carbocycles. The number of carbonyl (C=O) groups excluding carboxylic acids is 2. The van der Waals surface area contributed by atoms with Crippen molar-refractivity contribution < 1.29 is 29.0 Å². The van der Waals surface area contributed by atoms with Crippen LogP contribution >= 0.6 is 0 Å². The summed E-state index contributed by atoms with van der Waals surface area (Å²) >= 11 is 0. The number of nitrogens with two attached hydrogens (primary N) is 1. The first kappa shape index (κ1) is 12.5. The van der Waals surface area contributed by atoms with Crippen LogP contribution in [0.15, 0.2) is 24.3 Å². The second-order valence-corrected chi connectivity index (χ2v) is 2.91. The van der Waals surface area contributed by atoms with Crippen molar-refractivity contribution in [2.75, 3.05) is 6.61 Å². The van der Waals surface area contributed by atoms with E-state index >= 15 is 0 Å². The van der Waals surface area contributed by atoms with Gasteiger partial charge in [0.1, 0.15) is 11.3 Å². The summed E-state index contributed by atoms with van der Waals surface area (Å²) < 4.78 is 8.92. The Labute approximate surface area is 95.7 Å². The van der Waals surface area contributed by atoms with Crippen LogP contribution in [0.25, 0.3) is 0 Å². The van der Waals surface area contributed by atoms with E-state index in [0.717, 1.165) is 0 Å². The van der Waals surface area contributed by atoms with Gasteiger partial charge in [0.2, 0.25) is 0 Å². The lowest BCUT2D eigenvalue weighted by Gasteiger charge is -2.06. The minimum absolute atomic E-state index is 0.172. The van der Waals surface area contributed by atoms with Crippen LogP contribution in [0.4, 0.5) is 4.79 Å². The first-order valence-electron chi connectivity index (χ1n) is 4.46. The van der Waals surface area contributed by atoms with E-state index in [9.17, 15) is 14.4 Å². The van der Waals surface area contributed by atoms with Crippen molar-refractivity contribution in [3.05, 3.63) is 29.8 Å². The summed E-state index contributed by atoms with van der Waals surface area (Å²) in [6.45, 7) is -0.631. The largest absolute Gasteiger partial charge is 0.514 e. The molecule has 0 aromatic heterocycles. The third-order valence-corrected chi connectivity index (χ3v) is 1.64. The number of carbonyl (C=O) groups is 3. The molecule has 1 aromatic rings. The Balaban J connectivity index is 2.71. The Morgan fingerprint density at radius 3 is 2.47 bits per heavy atom. The molecule has 0 unspecified atom stereocenters. The van der Waals surface area contributed by atoms with E-state index in [1.165, 1.54) is 24.3 Å². The first-order valence-corrected chi connectivity index (χ1v) is 4.46. The van der Waals surface area contributed by atoms with Gasteiger partial charge in [-0.1, -0.05) is 12.1 Å². The van der Waals surface area contributed by atoms with Gasteiger partial charge in [-0.3, -0.25) is 4.79 Å². The van der Waals surface area contributed by atoms with Crippen LogP contribution in [0.5, 0.6) is 5.75 Å². The number of hydrogen-bond donors (Lipinski definition) is 2. The van der Waals surface area contributed by atoms with E-state index in [0.29, 0.717) is 0 Å². The third kappa shape index (κ3) is 3.82. The number of carboxylic acid groups (broad SMARTS) is 1. The highest BCUT2D eigenvalue weighted by atomic mass is 16.7. The fourth-order valence-electron chi connectivity index (χ4n) is 0.982. The van der Waals surface area contributed by atoms with Crippen LogP contribution in [-0.2, 0) is 9.53 Å². The highest BCUT2D eigenvalue weighted by Crippen LogP contribution is 2.18. The maximum atomic E-state index is 11.0. The lowest BCUT2D eigenvalue weighted by atomic mass is 10.2. The molecule has 0 spiro atoms. The van der Waals surface area contributed by atoms with Gasteiger partial charge in [-0.05, 0) is 12.1 Å². The molecule has 0 atom stereocenters. The molecule has 90 valence electrons. The average Bonchev–Trinajstić information content (AvgIpc) is 2.27. The predicted octanol–water partition coefficient (Wildman–Crippen LogP) is 0.385. The normalized spacial score (nSPS) is 9.41. The van der Waals surface area contributed by atoms with Crippen LogP contribution < -0.4 is 10.5 Å². The smallest absolute Gasteiger partial charge is 0.478 e. The highest BCUT2D eigenvalue weighted by molar-refractivity contribution is 5.91. The van der Waals surface area contributed by atoms with E-state index in [4.69, 9.17) is 10.8 Å². The maximum absolute atomic E-state index is 11.0. The number of rotatable bonds is 4. The molecule has 0 aliphatic rings. The molecule has 7 nitrogen and oxygen atoms in total. The van der Waals surface area contributed by atoms with Crippen LogP contribution in [-0.4, -0.2) is 29.7 Å². The summed E-state index contributed by atoms with van der Waals surface area (Å²) in [7, 11) is 0. The molecule has 0 heterocycles. The Hall–Kier alpha value is -2.57. The summed E-state index contributed by atoms with van der Waals surface area (Å²) in [5.74, 6) is -2.26. The lowest BCUT2D eigenvalue weighted by molar-refractivity contribution is -0.121. The predicted molar refractivity (Wildman–Crippen MR) is 54.6 cm³/mol. The maximum Gasteiger partial charge on any atom is 0.514 e. The fraction of sp³-hybridized carbons (Fsp3) is 0.100. The summed E-state index contributed by atoms with van der Waals surface area (Å²) in [6, 6.07) is 5.52. The van der Waals surface area contributed by atoms with Gasteiger partial charge >= 0.3 is 12.1 Å². The fourth-order valence-corrected chi connectivity index (χ4v) is 0.982. The Kier molecular flexibility index (Phi) is 4.04. The second kappa shape index (κ2) is 5.50. The number of benzene rings is 1. The molecule has 0 radical (unpaired) electrons. The Morgan fingerprint density at radius 1 is 1.24 bits per heavy atom. The van der Waals surface area contributed by atoms with Crippen molar-refractivity contribution in [1.82, 2.24) is 0 Å². The molecule has 0 aliphatic heterocycles. The average molecular weight is 239 g/mol. The summed E-state index contributed by atoms with van der Waals surface area (Å²) in [5.41, 5.74) is 4.56. The molecule has 17 heavy (non-hydrogen) atoms. The van der Waals surface area contributed by atoms with Crippen molar-refractivity contribution in [3.8, 4) is 5.75 Å². The van der Waals surface area contributed by atoms with Crippen molar-refractivity contribution in [2.24, 2.45) is 5.73 Å². The molecule has 1 rings (SSSR count). The number of ether oxygens (including phenoxy) is 2. The van der Waals surface area contributed by atoms with Crippen LogP contribution in [0.1, 0.15) is 10.4 Å². The number of para-hydroxylation sites is 1. The monoisotopic (exact) mass is 239 g/mol. The van der Waals surface area contributed by atoms with Gasteiger partial charge in [-0.25, -0.2) is 9.59 Å². The molecule has 1 aromatic carbocycles. The minimum atomic E-state index is -1.25. The summed E-state index contributed by atoms with van der Waals surface area (Å²) in [6.07, 6.45) is -1.20. The molecule has 0 bridgehead atoms. The molecule has 0 saturated heterocycles. The van der Waals surface area contributed by atoms with Gasteiger partial charge in [0, 0.05) is 0 Å². The summed E-state index contributed by atoms with van der Waals surface area (Å²) in [4.78, 5) is 32.1. The van der Waals surface area contributed by atoms with Crippen molar-refractivity contribution in [1.29, 1.82) is 0 Å². The number of aromatic carboxylic acids is 1. The number of primary amides is 1. The topological polar surface area (TPSA) is 116 Å². The van der Waals surface area contributed by atoms with Crippen LogP contribution in [0, 0.1) is 0 Å². The van der Waals surface area contributed by atoms with E-state index in [2.05, 4.69) is 9.47 Å². The number of amides is 1. The Bertz CT molecular complexity index is 456. The number of carboxylic acids is 1. The zero-order valence-electron chi connectivity index (χ0n) is 8.58. The zero-order valence-corrected chi connectivity index (χ0v) is 8.58. The highest BCUT2D eigenvalue weighted by Gasteiger charge is 2.14. The van der Waals surface area contributed by atoms with Crippen molar-refractivity contribution >= 4 is 18.0 Å². The third-order valence-electron chi connectivity index (χ3n) is 1.64. The molecule has 1 amide bonds. The first-order chi connectivity index (χ1) is 8.00. The van der Waals surface area contributed by atoms with Crippen LogP contribution in [0.2, 0.25) is 0 Å². The molecule has 0 aliphatic carbocycles. The van der Waals surface area contributed by atoms with Gasteiger partial charge in [0.15, 0.2) is 6.61 Å². The quantitative estimate of drug-likeness (QED) is 0.579. The van der Waals surface area contributed by atoms with E-state index in [1.807, 2.05) is 0 Å². The van der Waals surface area contributed by atoms with Crippen molar-refractivity contribution in [2.45, 2.75) is 0 Å². The van der Waals surface area contributed by atoms with Gasteiger partial charge < -0.3 is 20.3 Å². The minimum Gasteiger partial charge on any atom is -0.478 e. The van der Waals surface area contributed by atoms with E-state index in [1.54, 1.807) is 0 Å². The van der Waals surface area contributed by atoms with Gasteiger partial charge in [-0.15, -0.1) is 0 Å². The molecular formula is C10H9NO6. The van der Waals surface area contributed by atoms with E-state index in [-0.39, 0.29) is 11.3 Å². The van der Waals surface area contributed by atoms with Gasteiger partial charge in [0.25, 0.3) is 5.91 Å². The van der Waals surface area contributed by atoms with E-state index < -0.39 is 24.6 Å². The molecule has 0 fully saturated rings. The van der Waals surface area contributed by atoms with Gasteiger partial charge in [0.05, 0.1) is 0 Å². The number of hydrogen-bond acceptors (Lipinski definition) is 5. The Morgan fingerprint density at radius 2 is 1.88 bits per heavy atom. The lowest BCUT2D eigenvalue weighted by Crippen LogP contribution is -2.22. The van der Waals surface area contributed by atoms with Crippen molar-refractivity contribution in [3.63, 3.8) is 0 Å². The molecule has 3 N–H and O–H groups in total. The standard InChI is InChI=1S/C10H9NO6/c11-8(12)5-16-10(15)17-7-4-2-1-3-6(7)9(13)14/h1-4H,5H2,(H2,11,12)(H,13,14). The molecule has 7 heteroatoms. The van der Waals surface area contributed by atoms with Gasteiger partial charge in [-0.2, -0.15) is 0 Å².